The van der Waals surface area contributed by atoms with Crippen molar-refractivity contribution < 1.29 is 0 Å². The Labute approximate surface area is 89.6 Å². The van der Waals surface area contributed by atoms with Gasteiger partial charge >= 0.3 is 0 Å². The second-order valence-electron chi connectivity index (χ2n) is 3.58. The fourth-order valence-corrected chi connectivity index (χ4v) is 1.51. The molecular formula is C12H15N3. The summed E-state index contributed by atoms with van der Waals surface area (Å²) in [7, 11) is 0. The van der Waals surface area contributed by atoms with E-state index in [1.807, 2.05) is 36.8 Å². The monoisotopic (exact) mass is 201 g/mol. The first kappa shape index (κ1) is 9.93. The minimum Gasteiger partial charge on any atom is -0.364 e. The van der Waals surface area contributed by atoms with Crippen LogP contribution < -0.4 is 5.32 Å². The van der Waals surface area contributed by atoms with Crippen LogP contribution in [-0.2, 0) is 6.54 Å². The highest BCUT2D eigenvalue weighted by atomic mass is 14.9. The first-order valence-electron chi connectivity index (χ1n) is 5.12. The molecule has 2 rings (SSSR count). The molecule has 3 heteroatoms. The number of nitrogens with zero attached hydrogens (tertiary/aromatic N) is 1. The smallest absolute Gasteiger partial charge is 0.0362 e. The third-order valence-electron chi connectivity index (χ3n) is 2.47. The molecule has 2 heterocycles. The van der Waals surface area contributed by atoms with Crippen LogP contribution in [0.1, 0.15) is 24.2 Å². The fourth-order valence-electron chi connectivity index (χ4n) is 1.51. The van der Waals surface area contributed by atoms with Crippen molar-refractivity contribution >= 4 is 0 Å². The molecular weight excluding hydrogens is 186 g/mol. The van der Waals surface area contributed by atoms with Crippen LogP contribution in [0.25, 0.3) is 0 Å². The van der Waals surface area contributed by atoms with Crippen LogP contribution in [-0.4, -0.2) is 9.97 Å². The number of pyridine rings is 1. The van der Waals surface area contributed by atoms with E-state index in [4.69, 9.17) is 0 Å². The van der Waals surface area contributed by atoms with Gasteiger partial charge in [-0.05, 0) is 36.8 Å². The molecule has 1 atom stereocenters. The van der Waals surface area contributed by atoms with Crippen molar-refractivity contribution in [3.63, 3.8) is 0 Å². The second kappa shape index (κ2) is 4.75. The first-order valence-corrected chi connectivity index (χ1v) is 5.12. The number of hydrogen-bond acceptors (Lipinski definition) is 2. The number of nitrogens with one attached hydrogen (secondary N) is 2. The summed E-state index contributed by atoms with van der Waals surface area (Å²) in [5.41, 5.74) is 2.47. The Morgan fingerprint density at radius 1 is 1.33 bits per heavy atom. The molecule has 0 aliphatic carbocycles. The van der Waals surface area contributed by atoms with E-state index < -0.39 is 0 Å². The van der Waals surface area contributed by atoms with E-state index in [-0.39, 0.29) is 0 Å². The largest absolute Gasteiger partial charge is 0.364 e. The van der Waals surface area contributed by atoms with Gasteiger partial charge in [-0.15, -0.1) is 0 Å². The van der Waals surface area contributed by atoms with Gasteiger partial charge in [0, 0.05) is 36.9 Å². The predicted molar refractivity (Wildman–Crippen MR) is 60.3 cm³/mol. The minimum atomic E-state index is 0.344. The molecule has 0 fully saturated rings. The lowest BCUT2D eigenvalue weighted by Crippen LogP contribution is -2.18. The van der Waals surface area contributed by atoms with Gasteiger partial charge in [-0.3, -0.25) is 4.98 Å². The maximum Gasteiger partial charge on any atom is 0.0362 e. The summed E-state index contributed by atoms with van der Waals surface area (Å²) >= 11 is 0. The zero-order valence-electron chi connectivity index (χ0n) is 8.77. The summed E-state index contributed by atoms with van der Waals surface area (Å²) in [6.07, 6.45) is 5.58. The molecule has 0 bridgehead atoms. The van der Waals surface area contributed by atoms with E-state index in [9.17, 15) is 0 Å². The van der Waals surface area contributed by atoms with Crippen molar-refractivity contribution in [3.05, 3.63) is 54.1 Å². The van der Waals surface area contributed by atoms with Gasteiger partial charge in [0.05, 0.1) is 0 Å². The fraction of sp³-hybridized carbons (Fsp3) is 0.250. The Morgan fingerprint density at radius 3 is 2.80 bits per heavy atom. The van der Waals surface area contributed by atoms with Crippen molar-refractivity contribution in [2.75, 3.05) is 0 Å². The quantitative estimate of drug-likeness (QED) is 0.796. The van der Waals surface area contributed by atoms with Crippen molar-refractivity contribution in [1.82, 2.24) is 15.3 Å². The zero-order valence-corrected chi connectivity index (χ0v) is 8.77. The molecule has 2 N–H and O–H groups in total. The summed E-state index contributed by atoms with van der Waals surface area (Å²) in [6.45, 7) is 3.01. The molecule has 0 spiro atoms. The van der Waals surface area contributed by atoms with Crippen LogP contribution in [0.2, 0.25) is 0 Å². The minimum absolute atomic E-state index is 0.344. The Hall–Kier alpha value is -1.61. The van der Waals surface area contributed by atoms with Crippen LogP contribution in [0.5, 0.6) is 0 Å². The highest BCUT2D eigenvalue weighted by Gasteiger charge is 2.03. The summed E-state index contributed by atoms with van der Waals surface area (Å²) < 4.78 is 0. The van der Waals surface area contributed by atoms with Gasteiger partial charge in [0.1, 0.15) is 0 Å². The summed E-state index contributed by atoms with van der Waals surface area (Å²) in [5.74, 6) is 0. The molecule has 2 aromatic heterocycles. The van der Waals surface area contributed by atoms with Crippen LogP contribution in [0.3, 0.4) is 0 Å². The highest BCUT2D eigenvalue weighted by molar-refractivity contribution is 5.14. The maximum absolute atomic E-state index is 4.00. The molecule has 15 heavy (non-hydrogen) atoms. The van der Waals surface area contributed by atoms with E-state index >= 15 is 0 Å². The average molecular weight is 201 g/mol. The summed E-state index contributed by atoms with van der Waals surface area (Å²) in [6, 6.07) is 8.50. The zero-order chi connectivity index (χ0) is 10.5. The van der Waals surface area contributed by atoms with Gasteiger partial charge in [-0.25, -0.2) is 0 Å². The SMILES string of the molecule is CC(NCc1ccc[nH]1)c1ccncc1. The van der Waals surface area contributed by atoms with Gasteiger partial charge < -0.3 is 10.3 Å². The number of aromatic nitrogens is 2. The lowest BCUT2D eigenvalue weighted by atomic mass is 10.1. The number of rotatable bonds is 4. The topological polar surface area (TPSA) is 40.7 Å². The number of hydrogen-bond donors (Lipinski definition) is 2. The molecule has 1 unspecified atom stereocenters. The Kier molecular flexibility index (Phi) is 3.15. The number of aromatic amines is 1. The third kappa shape index (κ3) is 2.67. The van der Waals surface area contributed by atoms with Gasteiger partial charge in [0.2, 0.25) is 0 Å². The van der Waals surface area contributed by atoms with Crippen LogP contribution >= 0.6 is 0 Å². The molecule has 0 aromatic carbocycles. The number of H-pyrrole nitrogens is 1. The Morgan fingerprint density at radius 2 is 2.13 bits per heavy atom. The molecule has 0 aliphatic rings. The molecule has 0 amide bonds. The van der Waals surface area contributed by atoms with Crippen LogP contribution in [0.15, 0.2) is 42.9 Å². The molecule has 2 aromatic rings. The van der Waals surface area contributed by atoms with Crippen LogP contribution in [0.4, 0.5) is 0 Å². The van der Waals surface area contributed by atoms with E-state index in [2.05, 4.69) is 28.3 Å². The van der Waals surface area contributed by atoms with E-state index in [1.54, 1.807) is 0 Å². The van der Waals surface area contributed by atoms with E-state index in [0.29, 0.717) is 6.04 Å². The van der Waals surface area contributed by atoms with Crippen molar-refractivity contribution in [3.8, 4) is 0 Å². The molecule has 0 aliphatic heterocycles. The maximum atomic E-state index is 4.00. The van der Waals surface area contributed by atoms with Crippen molar-refractivity contribution in [1.29, 1.82) is 0 Å². The first-order chi connectivity index (χ1) is 7.36. The van der Waals surface area contributed by atoms with Crippen molar-refractivity contribution in [2.45, 2.75) is 19.5 Å². The molecule has 0 saturated heterocycles. The normalized spacial score (nSPS) is 12.6. The third-order valence-corrected chi connectivity index (χ3v) is 2.47. The second-order valence-corrected chi connectivity index (χ2v) is 3.58. The van der Waals surface area contributed by atoms with E-state index in [1.165, 1.54) is 11.3 Å². The molecule has 3 nitrogen and oxygen atoms in total. The van der Waals surface area contributed by atoms with Gasteiger partial charge in [0.15, 0.2) is 0 Å². The van der Waals surface area contributed by atoms with Gasteiger partial charge in [-0.2, -0.15) is 0 Å². The Bertz CT molecular complexity index is 381. The average Bonchev–Trinajstić information content (AvgIpc) is 2.80. The molecule has 0 radical (unpaired) electrons. The highest BCUT2D eigenvalue weighted by Crippen LogP contribution is 2.10. The summed E-state index contributed by atoms with van der Waals surface area (Å²) in [4.78, 5) is 7.17. The Balaban J connectivity index is 1.90. The lowest BCUT2D eigenvalue weighted by Gasteiger charge is -2.13. The predicted octanol–water partition coefficient (Wildman–Crippen LogP) is 2.26. The van der Waals surface area contributed by atoms with Gasteiger partial charge in [0.25, 0.3) is 0 Å². The lowest BCUT2D eigenvalue weighted by molar-refractivity contribution is 0.568. The van der Waals surface area contributed by atoms with E-state index in [0.717, 1.165) is 6.54 Å². The van der Waals surface area contributed by atoms with Gasteiger partial charge in [-0.1, -0.05) is 0 Å². The van der Waals surface area contributed by atoms with Crippen molar-refractivity contribution in [2.24, 2.45) is 0 Å². The molecule has 0 saturated carbocycles. The molecule has 78 valence electrons. The summed E-state index contributed by atoms with van der Waals surface area (Å²) in [5, 5.41) is 3.44. The van der Waals surface area contributed by atoms with Crippen LogP contribution in [0, 0.1) is 0 Å². The standard InChI is InChI=1S/C12H15N3/c1-10(11-4-7-13-8-5-11)15-9-12-3-2-6-14-12/h2-8,10,14-15H,9H2,1H3.